The molecule has 0 aliphatic carbocycles. The topological polar surface area (TPSA) is 42.0 Å². The van der Waals surface area contributed by atoms with Crippen molar-refractivity contribution in [2.75, 3.05) is 0 Å². The molecule has 1 aromatic heterocycles. The summed E-state index contributed by atoms with van der Waals surface area (Å²) in [6.45, 7) is 0.560. The fourth-order valence-corrected chi connectivity index (χ4v) is 2.96. The zero-order valence-corrected chi connectivity index (χ0v) is 13.8. The number of carbonyl (C=O) groups excluding carboxylic acids is 1. The summed E-state index contributed by atoms with van der Waals surface area (Å²) < 4.78 is 1.12. The zero-order chi connectivity index (χ0) is 13.8. The number of rotatable bonds is 4. The first kappa shape index (κ1) is 15.7. The molecule has 0 radical (unpaired) electrons. The Bertz CT molecular complexity index is 694. The van der Waals surface area contributed by atoms with Crippen LogP contribution in [0.1, 0.15) is 10.6 Å². The second-order valence-electron chi connectivity index (χ2n) is 4.51. The third-order valence-corrected chi connectivity index (χ3v) is 4.02. The molecule has 3 nitrogen and oxygen atoms in total. The number of aromatic nitrogens is 1. The third kappa shape index (κ3) is 4.12. The standard InChI is InChI=1S/C16H14N2OS.BrH/c19-15(17-11-12-6-2-1-3-7-12)10-16-18-13-8-4-5-9-14(13)20-16;/h1-9H,10-11H2,(H,17,19);1H. The largest absolute Gasteiger partial charge is 0.352 e. The van der Waals surface area contributed by atoms with Gasteiger partial charge in [-0.05, 0) is 17.7 Å². The quantitative estimate of drug-likeness (QED) is 0.768. The molecule has 3 rings (SSSR count). The molecule has 0 unspecified atom stereocenters. The summed E-state index contributed by atoms with van der Waals surface area (Å²) in [6, 6.07) is 17.8. The Hall–Kier alpha value is -1.72. The maximum absolute atomic E-state index is 11.9. The number of hydrogen-bond acceptors (Lipinski definition) is 3. The molecule has 21 heavy (non-hydrogen) atoms. The Labute approximate surface area is 137 Å². The number of hydrogen-bond donors (Lipinski definition) is 1. The van der Waals surface area contributed by atoms with Crippen LogP contribution in [0, 0.1) is 0 Å². The Morgan fingerprint density at radius 1 is 1.05 bits per heavy atom. The van der Waals surface area contributed by atoms with Gasteiger partial charge in [0.15, 0.2) is 0 Å². The molecular weight excluding hydrogens is 348 g/mol. The van der Waals surface area contributed by atoms with Crippen molar-refractivity contribution in [2.45, 2.75) is 13.0 Å². The van der Waals surface area contributed by atoms with Crippen LogP contribution in [0.25, 0.3) is 10.2 Å². The lowest BCUT2D eigenvalue weighted by Crippen LogP contribution is -2.24. The molecule has 1 amide bonds. The summed E-state index contributed by atoms with van der Waals surface area (Å²) in [7, 11) is 0. The Morgan fingerprint density at radius 3 is 2.52 bits per heavy atom. The van der Waals surface area contributed by atoms with Gasteiger partial charge in [-0.2, -0.15) is 0 Å². The van der Waals surface area contributed by atoms with Crippen molar-refractivity contribution in [2.24, 2.45) is 0 Å². The minimum Gasteiger partial charge on any atom is -0.352 e. The Morgan fingerprint density at radius 2 is 1.76 bits per heavy atom. The highest BCUT2D eigenvalue weighted by Gasteiger charge is 2.08. The second-order valence-corrected chi connectivity index (χ2v) is 5.63. The predicted octanol–water partition coefficient (Wildman–Crippen LogP) is 3.73. The van der Waals surface area contributed by atoms with Gasteiger partial charge in [-0.3, -0.25) is 4.79 Å². The molecule has 0 saturated carbocycles. The van der Waals surface area contributed by atoms with Gasteiger partial charge in [0.25, 0.3) is 0 Å². The SMILES string of the molecule is Br.O=C(Cc1nc2ccccc2s1)NCc1ccccc1. The number of amides is 1. The smallest absolute Gasteiger partial charge is 0.227 e. The van der Waals surface area contributed by atoms with Gasteiger partial charge in [0.05, 0.1) is 16.6 Å². The minimum atomic E-state index is 0. The van der Waals surface area contributed by atoms with E-state index >= 15 is 0 Å². The van der Waals surface area contributed by atoms with Crippen LogP contribution in [0.15, 0.2) is 54.6 Å². The molecule has 108 valence electrons. The molecule has 0 spiro atoms. The van der Waals surface area contributed by atoms with Gasteiger partial charge in [0, 0.05) is 6.54 Å². The van der Waals surface area contributed by atoms with Crippen molar-refractivity contribution in [3.63, 3.8) is 0 Å². The molecule has 0 saturated heterocycles. The van der Waals surface area contributed by atoms with Crippen LogP contribution < -0.4 is 5.32 Å². The van der Waals surface area contributed by atoms with E-state index in [2.05, 4.69) is 10.3 Å². The number of nitrogens with one attached hydrogen (secondary N) is 1. The first-order chi connectivity index (χ1) is 9.81. The van der Waals surface area contributed by atoms with Crippen molar-refractivity contribution in [3.05, 3.63) is 65.2 Å². The highest BCUT2D eigenvalue weighted by atomic mass is 79.9. The maximum Gasteiger partial charge on any atom is 0.227 e. The van der Waals surface area contributed by atoms with Crippen LogP contribution in [0.2, 0.25) is 0 Å². The van der Waals surface area contributed by atoms with Crippen LogP contribution in [-0.4, -0.2) is 10.9 Å². The van der Waals surface area contributed by atoms with Crippen LogP contribution in [0.5, 0.6) is 0 Å². The third-order valence-electron chi connectivity index (χ3n) is 2.98. The zero-order valence-electron chi connectivity index (χ0n) is 11.3. The molecule has 0 aliphatic rings. The fourth-order valence-electron chi connectivity index (χ4n) is 1.99. The van der Waals surface area contributed by atoms with E-state index in [1.165, 1.54) is 0 Å². The predicted molar refractivity (Wildman–Crippen MR) is 91.9 cm³/mol. The van der Waals surface area contributed by atoms with Crippen LogP contribution in [0.3, 0.4) is 0 Å². The Balaban J connectivity index is 0.00000161. The van der Waals surface area contributed by atoms with E-state index in [4.69, 9.17) is 0 Å². The van der Waals surface area contributed by atoms with Crippen LogP contribution in [-0.2, 0) is 17.8 Å². The van der Waals surface area contributed by atoms with Crippen molar-refractivity contribution < 1.29 is 4.79 Å². The summed E-state index contributed by atoms with van der Waals surface area (Å²) in [5.74, 6) is 0.00732. The number of nitrogens with zero attached hydrogens (tertiary/aromatic N) is 1. The number of halogens is 1. The van der Waals surface area contributed by atoms with Crippen LogP contribution in [0.4, 0.5) is 0 Å². The van der Waals surface area contributed by atoms with Gasteiger partial charge in [0.2, 0.25) is 5.91 Å². The summed E-state index contributed by atoms with van der Waals surface area (Å²) in [5.41, 5.74) is 2.06. The summed E-state index contributed by atoms with van der Waals surface area (Å²) in [4.78, 5) is 16.4. The molecule has 0 aliphatic heterocycles. The Kier molecular flexibility index (Phi) is 5.47. The molecule has 1 heterocycles. The highest BCUT2D eigenvalue weighted by Crippen LogP contribution is 2.21. The van der Waals surface area contributed by atoms with Gasteiger partial charge in [-0.15, -0.1) is 28.3 Å². The number of fused-ring (bicyclic) bond motifs is 1. The van der Waals surface area contributed by atoms with Gasteiger partial charge in [-0.25, -0.2) is 4.98 Å². The summed E-state index contributed by atoms with van der Waals surface area (Å²) in [6.07, 6.45) is 0.339. The highest BCUT2D eigenvalue weighted by molar-refractivity contribution is 8.93. The average Bonchev–Trinajstić information content (AvgIpc) is 2.88. The van der Waals surface area contributed by atoms with E-state index in [1.54, 1.807) is 11.3 Å². The molecular formula is C16H15BrN2OS. The first-order valence-electron chi connectivity index (χ1n) is 6.46. The number of carbonyl (C=O) groups is 1. The van der Waals surface area contributed by atoms with E-state index in [1.807, 2.05) is 54.6 Å². The second kappa shape index (κ2) is 7.33. The number of benzene rings is 2. The summed E-state index contributed by atoms with van der Waals surface area (Å²) >= 11 is 1.58. The molecule has 0 atom stereocenters. The number of thiazole rings is 1. The minimum absolute atomic E-state index is 0. The molecule has 0 fully saturated rings. The number of para-hydroxylation sites is 1. The lowest BCUT2D eigenvalue weighted by Gasteiger charge is -2.03. The maximum atomic E-state index is 11.9. The van der Waals surface area contributed by atoms with E-state index < -0.39 is 0 Å². The van der Waals surface area contributed by atoms with E-state index in [9.17, 15) is 4.79 Å². The molecule has 2 aromatic carbocycles. The van der Waals surface area contributed by atoms with E-state index in [0.717, 1.165) is 20.8 Å². The molecule has 0 bridgehead atoms. The normalized spacial score (nSPS) is 10.1. The first-order valence-corrected chi connectivity index (χ1v) is 7.28. The van der Waals surface area contributed by atoms with E-state index in [0.29, 0.717) is 13.0 Å². The molecule has 5 heteroatoms. The fraction of sp³-hybridized carbons (Fsp3) is 0.125. The molecule has 3 aromatic rings. The lowest BCUT2D eigenvalue weighted by atomic mass is 10.2. The summed E-state index contributed by atoms with van der Waals surface area (Å²) in [5, 5.41) is 3.78. The van der Waals surface area contributed by atoms with Gasteiger partial charge in [0.1, 0.15) is 5.01 Å². The lowest BCUT2D eigenvalue weighted by molar-refractivity contribution is -0.120. The van der Waals surface area contributed by atoms with E-state index in [-0.39, 0.29) is 22.9 Å². The van der Waals surface area contributed by atoms with Crippen molar-refractivity contribution >= 4 is 44.4 Å². The van der Waals surface area contributed by atoms with Gasteiger partial charge < -0.3 is 5.32 Å². The van der Waals surface area contributed by atoms with Crippen molar-refractivity contribution in [3.8, 4) is 0 Å². The monoisotopic (exact) mass is 362 g/mol. The van der Waals surface area contributed by atoms with Crippen LogP contribution >= 0.6 is 28.3 Å². The van der Waals surface area contributed by atoms with Crippen molar-refractivity contribution in [1.29, 1.82) is 0 Å². The van der Waals surface area contributed by atoms with Gasteiger partial charge in [-0.1, -0.05) is 42.5 Å². The van der Waals surface area contributed by atoms with Crippen molar-refractivity contribution in [1.82, 2.24) is 10.3 Å². The average molecular weight is 363 g/mol. The molecule has 1 N–H and O–H groups in total. The van der Waals surface area contributed by atoms with Gasteiger partial charge >= 0.3 is 0 Å².